The summed E-state index contributed by atoms with van der Waals surface area (Å²) in [5.41, 5.74) is 3.08. The van der Waals surface area contributed by atoms with E-state index in [1.165, 1.54) is 6.08 Å². The number of carbonyl (C=O) groups is 1. The Balaban J connectivity index is 2.50. The summed E-state index contributed by atoms with van der Waals surface area (Å²) in [5.74, 6) is -0.415. The van der Waals surface area contributed by atoms with Gasteiger partial charge in [0.15, 0.2) is 0 Å². The third-order valence-electron chi connectivity index (χ3n) is 2.85. The Morgan fingerprint density at radius 1 is 1.50 bits per heavy atom. The Bertz CT molecular complexity index is 463. The molecule has 0 aromatic heterocycles. The van der Waals surface area contributed by atoms with Crippen LogP contribution in [0.3, 0.4) is 0 Å². The lowest BCUT2D eigenvalue weighted by atomic mass is 9.81. The van der Waals surface area contributed by atoms with E-state index in [0.29, 0.717) is 10.9 Å². The summed E-state index contributed by atoms with van der Waals surface area (Å²) in [5, 5.41) is 9.54. The molecule has 1 aromatic rings. The number of aliphatic carboxylic acids is 1. The highest BCUT2D eigenvalue weighted by atomic mass is 35.5. The zero-order valence-electron chi connectivity index (χ0n) is 9.03. The van der Waals surface area contributed by atoms with Gasteiger partial charge in [-0.3, -0.25) is 0 Å². The van der Waals surface area contributed by atoms with Gasteiger partial charge in [0.25, 0.3) is 0 Å². The van der Waals surface area contributed by atoms with Crippen molar-refractivity contribution in [1.82, 2.24) is 0 Å². The molecule has 1 N–H and O–H groups in total. The van der Waals surface area contributed by atoms with Crippen molar-refractivity contribution in [2.24, 2.45) is 5.92 Å². The van der Waals surface area contributed by atoms with Crippen LogP contribution in [-0.2, 0) is 11.2 Å². The quantitative estimate of drug-likeness (QED) is 0.759. The number of benzene rings is 1. The number of carboxylic acids is 1. The van der Waals surface area contributed by atoms with Crippen LogP contribution in [0.1, 0.15) is 24.5 Å². The normalized spacial score (nSPS) is 21.9. The summed E-state index contributed by atoms with van der Waals surface area (Å²) < 4.78 is 0. The minimum atomic E-state index is -0.884. The van der Waals surface area contributed by atoms with Crippen LogP contribution in [0.4, 0.5) is 0 Å². The first-order valence-electron chi connectivity index (χ1n) is 5.28. The fourth-order valence-corrected chi connectivity index (χ4v) is 2.46. The van der Waals surface area contributed by atoms with Crippen molar-refractivity contribution in [3.8, 4) is 0 Å². The highest BCUT2D eigenvalue weighted by Crippen LogP contribution is 2.35. The predicted octanol–water partition coefficient (Wildman–Crippen LogP) is 3.39. The van der Waals surface area contributed by atoms with Gasteiger partial charge in [0.1, 0.15) is 0 Å². The van der Waals surface area contributed by atoms with Crippen molar-refractivity contribution in [3.63, 3.8) is 0 Å². The minimum absolute atomic E-state index is 0.469. The molecule has 0 saturated carbocycles. The fraction of sp³-hybridized carbons (Fsp3) is 0.308. The van der Waals surface area contributed by atoms with Gasteiger partial charge in [-0.05, 0) is 47.6 Å². The SMILES string of the molecule is CC1C/C(=C\C(=O)O)c2ccc(Cl)cc2C1. The van der Waals surface area contributed by atoms with Gasteiger partial charge >= 0.3 is 5.97 Å². The summed E-state index contributed by atoms with van der Waals surface area (Å²) >= 11 is 5.94. The zero-order chi connectivity index (χ0) is 11.7. The number of carboxylic acid groups (broad SMARTS) is 1. The highest BCUT2D eigenvalue weighted by Gasteiger charge is 2.20. The van der Waals surface area contributed by atoms with Crippen molar-refractivity contribution >= 4 is 23.1 Å². The average Bonchev–Trinajstić information content (AvgIpc) is 2.15. The van der Waals surface area contributed by atoms with Crippen LogP contribution >= 0.6 is 11.6 Å². The molecule has 16 heavy (non-hydrogen) atoms. The Morgan fingerprint density at radius 2 is 2.25 bits per heavy atom. The topological polar surface area (TPSA) is 37.3 Å². The second kappa shape index (κ2) is 4.30. The Labute approximate surface area is 99.5 Å². The minimum Gasteiger partial charge on any atom is -0.478 e. The van der Waals surface area contributed by atoms with Gasteiger partial charge in [0, 0.05) is 11.1 Å². The Morgan fingerprint density at radius 3 is 2.94 bits per heavy atom. The molecule has 1 atom stereocenters. The van der Waals surface area contributed by atoms with Crippen LogP contribution in [0.5, 0.6) is 0 Å². The maximum Gasteiger partial charge on any atom is 0.328 e. The number of hydrogen-bond acceptors (Lipinski definition) is 1. The first-order chi connectivity index (χ1) is 7.56. The number of rotatable bonds is 1. The summed E-state index contributed by atoms with van der Waals surface area (Å²) in [6, 6.07) is 5.66. The van der Waals surface area contributed by atoms with Crippen molar-refractivity contribution in [2.75, 3.05) is 0 Å². The third kappa shape index (κ3) is 2.27. The lowest BCUT2D eigenvalue weighted by Crippen LogP contribution is -2.11. The number of halogens is 1. The molecule has 1 aliphatic carbocycles. The summed E-state index contributed by atoms with van der Waals surface area (Å²) in [7, 11) is 0. The van der Waals surface area contributed by atoms with E-state index >= 15 is 0 Å². The summed E-state index contributed by atoms with van der Waals surface area (Å²) in [6.45, 7) is 2.12. The molecule has 1 unspecified atom stereocenters. The number of fused-ring (bicyclic) bond motifs is 1. The second-order valence-corrected chi connectivity index (χ2v) is 4.76. The van der Waals surface area contributed by atoms with Gasteiger partial charge in [-0.25, -0.2) is 4.79 Å². The molecule has 0 fully saturated rings. The van der Waals surface area contributed by atoms with E-state index in [9.17, 15) is 4.79 Å². The third-order valence-corrected chi connectivity index (χ3v) is 3.08. The molecule has 0 aliphatic heterocycles. The van der Waals surface area contributed by atoms with Crippen LogP contribution in [-0.4, -0.2) is 11.1 Å². The summed E-state index contributed by atoms with van der Waals surface area (Å²) in [6.07, 6.45) is 3.09. The molecule has 3 heteroatoms. The van der Waals surface area contributed by atoms with E-state index in [1.54, 1.807) is 0 Å². The van der Waals surface area contributed by atoms with Gasteiger partial charge in [0.2, 0.25) is 0 Å². The average molecular weight is 237 g/mol. The van der Waals surface area contributed by atoms with Gasteiger partial charge in [0.05, 0.1) is 0 Å². The van der Waals surface area contributed by atoms with Crippen LogP contribution < -0.4 is 0 Å². The van der Waals surface area contributed by atoms with E-state index in [2.05, 4.69) is 6.92 Å². The van der Waals surface area contributed by atoms with Crippen molar-refractivity contribution in [3.05, 3.63) is 40.4 Å². The van der Waals surface area contributed by atoms with E-state index in [1.807, 2.05) is 18.2 Å². The Kier molecular flexibility index (Phi) is 3.01. The number of allylic oxidation sites excluding steroid dienone is 1. The maximum atomic E-state index is 10.7. The van der Waals surface area contributed by atoms with Crippen LogP contribution in [0.2, 0.25) is 5.02 Å². The number of hydrogen-bond donors (Lipinski definition) is 1. The standard InChI is InChI=1S/C13H13ClO2/c1-8-4-9-6-11(14)2-3-12(9)10(5-8)7-13(15)16/h2-3,6-8H,4-5H2,1H3,(H,15,16)/b10-7+. The molecular weight excluding hydrogens is 224 g/mol. The molecule has 0 spiro atoms. The van der Waals surface area contributed by atoms with Gasteiger partial charge < -0.3 is 5.11 Å². The van der Waals surface area contributed by atoms with Gasteiger partial charge in [-0.2, -0.15) is 0 Å². The fourth-order valence-electron chi connectivity index (χ4n) is 2.26. The first kappa shape index (κ1) is 11.2. The Hall–Kier alpha value is -1.28. The second-order valence-electron chi connectivity index (χ2n) is 4.32. The molecule has 0 amide bonds. The lowest BCUT2D eigenvalue weighted by Gasteiger charge is -2.24. The van der Waals surface area contributed by atoms with E-state index in [0.717, 1.165) is 29.5 Å². The predicted molar refractivity (Wildman–Crippen MR) is 64.5 cm³/mol. The monoisotopic (exact) mass is 236 g/mol. The van der Waals surface area contributed by atoms with E-state index in [4.69, 9.17) is 16.7 Å². The van der Waals surface area contributed by atoms with Crippen LogP contribution in [0.25, 0.3) is 5.57 Å². The molecule has 1 aliphatic rings. The van der Waals surface area contributed by atoms with E-state index in [-0.39, 0.29) is 0 Å². The maximum absolute atomic E-state index is 10.7. The lowest BCUT2D eigenvalue weighted by molar-refractivity contribution is -0.131. The molecular formula is C13H13ClO2. The molecule has 2 nitrogen and oxygen atoms in total. The van der Waals surface area contributed by atoms with Gasteiger partial charge in [-0.1, -0.05) is 24.6 Å². The highest BCUT2D eigenvalue weighted by molar-refractivity contribution is 6.30. The molecule has 0 radical (unpaired) electrons. The first-order valence-corrected chi connectivity index (χ1v) is 5.66. The molecule has 2 rings (SSSR count). The largest absolute Gasteiger partial charge is 0.478 e. The van der Waals surface area contributed by atoms with Crippen molar-refractivity contribution in [1.29, 1.82) is 0 Å². The van der Waals surface area contributed by atoms with Crippen LogP contribution in [0.15, 0.2) is 24.3 Å². The van der Waals surface area contributed by atoms with E-state index < -0.39 is 5.97 Å². The zero-order valence-corrected chi connectivity index (χ0v) is 9.79. The van der Waals surface area contributed by atoms with Gasteiger partial charge in [-0.15, -0.1) is 0 Å². The summed E-state index contributed by atoms with van der Waals surface area (Å²) in [4.78, 5) is 10.7. The molecule has 0 bridgehead atoms. The van der Waals surface area contributed by atoms with Crippen molar-refractivity contribution in [2.45, 2.75) is 19.8 Å². The molecule has 0 saturated heterocycles. The molecule has 1 aromatic carbocycles. The van der Waals surface area contributed by atoms with Crippen molar-refractivity contribution < 1.29 is 9.90 Å². The van der Waals surface area contributed by atoms with Crippen LogP contribution in [0, 0.1) is 5.92 Å². The molecule has 84 valence electrons. The smallest absolute Gasteiger partial charge is 0.328 e. The molecule has 0 heterocycles.